The van der Waals surface area contributed by atoms with Crippen molar-refractivity contribution in [2.45, 2.75) is 50.4 Å². The number of halogens is 3. The highest BCUT2D eigenvalue weighted by atomic mass is 19.4. The lowest BCUT2D eigenvalue weighted by atomic mass is 9.86. The number of carbonyl (C=O) groups is 2. The fourth-order valence-electron chi connectivity index (χ4n) is 3.25. The number of amides is 2. The smallest absolute Gasteiger partial charge is 0.416 e. The Morgan fingerprint density at radius 2 is 1.85 bits per heavy atom. The van der Waals surface area contributed by atoms with Gasteiger partial charge in [0.05, 0.1) is 17.5 Å². The third kappa shape index (κ3) is 6.13. The second-order valence-electron chi connectivity index (χ2n) is 6.69. The molecule has 27 heavy (non-hydrogen) atoms. The van der Waals surface area contributed by atoms with Crippen LogP contribution in [-0.2, 0) is 11.0 Å². The Balaban J connectivity index is 1.98. The summed E-state index contributed by atoms with van der Waals surface area (Å²) in [5, 5.41) is 23.5. The molecule has 0 heterocycles. The van der Waals surface area contributed by atoms with Gasteiger partial charge in [-0.1, -0.05) is 12.1 Å². The SMILES string of the molecule is O=C(NC1CCC(C(=O)O)CC1)NC(CCO)c1cccc(C(F)(F)F)c1. The molecular weight excluding hydrogens is 365 g/mol. The van der Waals surface area contributed by atoms with E-state index < -0.39 is 35.7 Å². The predicted octanol–water partition coefficient (Wildman–Crippen LogP) is 3.07. The van der Waals surface area contributed by atoms with E-state index in [0.717, 1.165) is 12.1 Å². The van der Waals surface area contributed by atoms with Crippen LogP contribution in [0.25, 0.3) is 0 Å². The van der Waals surface area contributed by atoms with Gasteiger partial charge in [0.2, 0.25) is 0 Å². The Morgan fingerprint density at radius 1 is 1.19 bits per heavy atom. The molecule has 1 saturated carbocycles. The van der Waals surface area contributed by atoms with Gasteiger partial charge in [-0.15, -0.1) is 0 Å². The normalized spacial score (nSPS) is 21.3. The zero-order chi connectivity index (χ0) is 20.0. The van der Waals surface area contributed by atoms with Crippen LogP contribution in [0, 0.1) is 5.92 Å². The number of urea groups is 1. The standard InChI is InChI=1S/C18H23F3N2O4/c19-18(20,21)13-3-1-2-12(10-13)15(8-9-24)23-17(27)22-14-6-4-11(5-7-14)16(25)26/h1-3,10-11,14-15,24H,4-9H2,(H,25,26)(H2,22,23,27). The summed E-state index contributed by atoms with van der Waals surface area (Å²) in [5.41, 5.74) is -0.569. The molecule has 1 aromatic carbocycles. The number of hydrogen-bond donors (Lipinski definition) is 4. The summed E-state index contributed by atoms with van der Waals surface area (Å²) >= 11 is 0. The maximum absolute atomic E-state index is 12.9. The van der Waals surface area contributed by atoms with Crippen LogP contribution >= 0.6 is 0 Å². The Bertz CT molecular complexity index is 658. The van der Waals surface area contributed by atoms with Gasteiger partial charge in [0, 0.05) is 12.6 Å². The van der Waals surface area contributed by atoms with Gasteiger partial charge in [-0.2, -0.15) is 13.2 Å². The van der Waals surface area contributed by atoms with Gasteiger partial charge in [0.15, 0.2) is 0 Å². The van der Waals surface area contributed by atoms with E-state index >= 15 is 0 Å². The predicted molar refractivity (Wildman–Crippen MR) is 90.9 cm³/mol. The van der Waals surface area contributed by atoms with Gasteiger partial charge in [-0.25, -0.2) is 4.79 Å². The highest BCUT2D eigenvalue weighted by molar-refractivity contribution is 5.75. The molecule has 1 aromatic rings. The second-order valence-corrected chi connectivity index (χ2v) is 6.69. The summed E-state index contributed by atoms with van der Waals surface area (Å²) < 4.78 is 38.7. The number of carboxylic acids is 1. The van der Waals surface area contributed by atoms with Crippen molar-refractivity contribution in [2.75, 3.05) is 6.61 Å². The van der Waals surface area contributed by atoms with Crippen molar-refractivity contribution < 1.29 is 33.0 Å². The average Bonchev–Trinajstić information content (AvgIpc) is 2.61. The molecule has 0 saturated heterocycles. The van der Waals surface area contributed by atoms with E-state index in [4.69, 9.17) is 5.11 Å². The highest BCUT2D eigenvalue weighted by Gasteiger charge is 2.31. The minimum atomic E-state index is -4.50. The minimum absolute atomic E-state index is 0.0699. The first kappa shape index (κ1) is 21.0. The topological polar surface area (TPSA) is 98.7 Å². The molecule has 9 heteroatoms. The van der Waals surface area contributed by atoms with Crippen molar-refractivity contribution in [3.8, 4) is 0 Å². The van der Waals surface area contributed by atoms with Crippen LogP contribution in [0.3, 0.4) is 0 Å². The zero-order valence-electron chi connectivity index (χ0n) is 14.6. The van der Waals surface area contributed by atoms with Crippen LogP contribution in [0.1, 0.15) is 49.3 Å². The Hall–Kier alpha value is -2.29. The average molecular weight is 388 g/mol. The van der Waals surface area contributed by atoms with Crippen LogP contribution in [0.15, 0.2) is 24.3 Å². The van der Waals surface area contributed by atoms with Crippen molar-refractivity contribution in [3.05, 3.63) is 35.4 Å². The van der Waals surface area contributed by atoms with E-state index in [1.807, 2.05) is 0 Å². The molecule has 0 aromatic heterocycles. The van der Waals surface area contributed by atoms with Crippen LogP contribution < -0.4 is 10.6 Å². The van der Waals surface area contributed by atoms with E-state index in [1.54, 1.807) is 0 Å². The minimum Gasteiger partial charge on any atom is -0.481 e. The van der Waals surface area contributed by atoms with Crippen LogP contribution in [-0.4, -0.2) is 34.9 Å². The summed E-state index contributed by atoms with van der Waals surface area (Å²) in [5.74, 6) is -1.25. The lowest BCUT2D eigenvalue weighted by Crippen LogP contribution is -2.45. The van der Waals surface area contributed by atoms with Crippen molar-refractivity contribution in [1.82, 2.24) is 10.6 Å². The molecule has 150 valence electrons. The number of nitrogens with one attached hydrogen (secondary N) is 2. The second kappa shape index (κ2) is 9.07. The molecule has 4 N–H and O–H groups in total. The number of carbonyl (C=O) groups excluding carboxylic acids is 1. The number of rotatable bonds is 6. The van der Waals surface area contributed by atoms with Gasteiger partial charge in [-0.05, 0) is 49.8 Å². The molecule has 1 aliphatic carbocycles. The lowest BCUT2D eigenvalue weighted by Gasteiger charge is -2.28. The largest absolute Gasteiger partial charge is 0.481 e. The van der Waals surface area contributed by atoms with Gasteiger partial charge in [-0.3, -0.25) is 4.79 Å². The Morgan fingerprint density at radius 3 is 2.41 bits per heavy atom. The van der Waals surface area contributed by atoms with E-state index in [2.05, 4.69) is 10.6 Å². The van der Waals surface area contributed by atoms with Crippen molar-refractivity contribution in [1.29, 1.82) is 0 Å². The summed E-state index contributed by atoms with van der Waals surface area (Å²) in [6.45, 7) is -0.301. The fourth-order valence-corrected chi connectivity index (χ4v) is 3.25. The number of carboxylic acid groups (broad SMARTS) is 1. The molecule has 0 bridgehead atoms. The van der Waals surface area contributed by atoms with E-state index in [1.165, 1.54) is 12.1 Å². The number of aliphatic hydroxyl groups excluding tert-OH is 1. The van der Waals surface area contributed by atoms with E-state index in [0.29, 0.717) is 25.7 Å². The zero-order valence-corrected chi connectivity index (χ0v) is 14.6. The summed E-state index contributed by atoms with van der Waals surface area (Å²) in [6.07, 6.45) is -2.44. The number of aliphatic hydroxyl groups is 1. The number of aliphatic carboxylic acids is 1. The molecule has 1 fully saturated rings. The molecule has 2 rings (SSSR count). The lowest BCUT2D eigenvalue weighted by molar-refractivity contribution is -0.143. The maximum atomic E-state index is 12.9. The quantitative estimate of drug-likeness (QED) is 0.602. The van der Waals surface area contributed by atoms with Crippen molar-refractivity contribution >= 4 is 12.0 Å². The van der Waals surface area contributed by atoms with Gasteiger partial charge in [0.1, 0.15) is 0 Å². The van der Waals surface area contributed by atoms with Gasteiger partial charge < -0.3 is 20.8 Å². The molecule has 1 atom stereocenters. The third-order valence-corrected chi connectivity index (χ3v) is 4.75. The van der Waals surface area contributed by atoms with Gasteiger partial charge in [0.25, 0.3) is 0 Å². The fraction of sp³-hybridized carbons (Fsp3) is 0.556. The van der Waals surface area contributed by atoms with Crippen molar-refractivity contribution in [2.24, 2.45) is 5.92 Å². The van der Waals surface area contributed by atoms with E-state index in [-0.39, 0.29) is 24.6 Å². The monoisotopic (exact) mass is 388 g/mol. The molecule has 2 amide bonds. The molecule has 0 radical (unpaired) electrons. The third-order valence-electron chi connectivity index (χ3n) is 4.75. The summed E-state index contributed by atoms with van der Waals surface area (Å²) in [6, 6.07) is 3.12. The summed E-state index contributed by atoms with van der Waals surface area (Å²) in [4.78, 5) is 23.2. The van der Waals surface area contributed by atoms with E-state index in [9.17, 15) is 27.9 Å². The first-order valence-corrected chi connectivity index (χ1v) is 8.78. The number of hydrogen-bond acceptors (Lipinski definition) is 3. The highest BCUT2D eigenvalue weighted by Crippen LogP contribution is 2.31. The molecule has 0 aliphatic heterocycles. The molecular formula is C18H23F3N2O4. The number of alkyl halides is 3. The Labute approximate surface area is 154 Å². The first-order valence-electron chi connectivity index (χ1n) is 8.78. The molecule has 1 unspecified atom stereocenters. The van der Waals surface area contributed by atoms with Crippen LogP contribution in [0.5, 0.6) is 0 Å². The molecule has 6 nitrogen and oxygen atoms in total. The van der Waals surface area contributed by atoms with Gasteiger partial charge >= 0.3 is 18.2 Å². The molecule has 1 aliphatic rings. The first-order chi connectivity index (χ1) is 12.7. The Kier molecular flexibility index (Phi) is 7.06. The molecule has 0 spiro atoms. The van der Waals surface area contributed by atoms with Crippen LogP contribution in [0.4, 0.5) is 18.0 Å². The number of benzene rings is 1. The van der Waals surface area contributed by atoms with Crippen molar-refractivity contribution in [3.63, 3.8) is 0 Å². The summed E-state index contributed by atoms with van der Waals surface area (Å²) in [7, 11) is 0. The van der Waals surface area contributed by atoms with Crippen LogP contribution in [0.2, 0.25) is 0 Å². The maximum Gasteiger partial charge on any atom is 0.416 e.